The van der Waals surface area contributed by atoms with Gasteiger partial charge in [-0.3, -0.25) is 4.79 Å². The lowest BCUT2D eigenvalue weighted by molar-refractivity contribution is 0.759. The molecule has 76 valence electrons. The lowest BCUT2D eigenvalue weighted by Crippen LogP contribution is -2.18. The molecule has 0 fully saturated rings. The normalized spacial score (nSPS) is 10.2. The molecule has 0 unspecified atom stereocenters. The summed E-state index contributed by atoms with van der Waals surface area (Å²) in [5.74, 6) is 0. The average Bonchev–Trinajstić information content (AvgIpc) is 2.22. The fourth-order valence-electron chi connectivity index (χ4n) is 1.42. The molecule has 0 saturated carbocycles. The molecule has 0 radical (unpaired) electrons. The number of hydrogen-bond donors (Lipinski definition) is 0. The molecule has 0 bridgehead atoms. The van der Waals surface area contributed by atoms with E-state index in [1.54, 1.807) is 22.9 Å². The Balaban J connectivity index is 2.30. The summed E-state index contributed by atoms with van der Waals surface area (Å²) in [6, 6.07) is 13.1. The highest BCUT2D eigenvalue weighted by Gasteiger charge is 1.96. The van der Waals surface area contributed by atoms with Gasteiger partial charge in [0.15, 0.2) is 0 Å². The van der Waals surface area contributed by atoms with Gasteiger partial charge in [0.1, 0.15) is 0 Å². The van der Waals surface area contributed by atoms with E-state index in [1.165, 1.54) is 0 Å². The Hall–Kier alpha value is -1.35. The Morgan fingerprint density at radius 1 is 1.13 bits per heavy atom. The van der Waals surface area contributed by atoms with Gasteiger partial charge in [-0.15, -0.1) is 0 Å². The third-order valence-corrected chi connectivity index (χ3v) is 2.63. The largest absolute Gasteiger partial charge is 0.311 e. The molecule has 0 amide bonds. The maximum Gasteiger partial charge on any atom is 0.250 e. The molecule has 0 N–H and O–H groups in total. The van der Waals surface area contributed by atoms with Crippen molar-refractivity contribution in [2.75, 3.05) is 0 Å². The molecule has 0 spiro atoms. The summed E-state index contributed by atoms with van der Waals surface area (Å²) in [5, 5.41) is 0. The van der Waals surface area contributed by atoms with Gasteiger partial charge in [-0.1, -0.05) is 34.1 Å². The van der Waals surface area contributed by atoms with Crippen molar-refractivity contribution in [3.63, 3.8) is 0 Å². The molecule has 2 rings (SSSR count). The summed E-state index contributed by atoms with van der Waals surface area (Å²) in [6.07, 6.45) is 1.79. The second kappa shape index (κ2) is 4.45. The first kappa shape index (κ1) is 10.2. The van der Waals surface area contributed by atoms with E-state index >= 15 is 0 Å². The van der Waals surface area contributed by atoms with Crippen molar-refractivity contribution in [1.29, 1.82) is 0 Å². The number of benzene rings is 1. The van der Waals surface area contributed by atoms with Gasteiger partial charge in [-0.05, 0) is 23.8 Å². The molecule has 0 saturated heterocycles. The molecular formula is C12H10BrNO. The van der Waals surface area contributed by atoms with Crippen LogP contribution in [0, 0.1) is 0 Å². The van der Waals surface area contributed by atoms with E-state index in [2.05, 4.69) is 15.9 Å². The van der Waals surface area contributed by atoms with Gasteiger partial charge in [0.2, 0.25) is 0 Å². The topological polar surface area (TPSA) is 22.0 Å². The van der Waals surface area contributed by atoms with E-state index in [9.17, 15) is 4.79 Å². The molecule has 1 aromatic heterocycles. The van der Waals surface area contributed by atoms with Crippen molar-refractivity contribution >= 4 is 15.9 Å². The number of hydrogen-bond acceptors (Lipinski definition) is 1. The Bertz CT molecular complexity index is 519. The van der Waals surface area contributed by atoms with Crippen LogP contribution in [-0.2, 0) is 6.54 Å². The first-order valence-corrected chi connectivity index (χ1v) is 5.45. The smallest absolute Gasteiger partial charge is 0.250 e. The van der Waals surface area contributed by atoms with Crippen LogP contribution in [0.4, 0.5) is 0 Å². The maximum atomic E-state index is 11.5. The minimum absolute atomic E-state index is 0.0254. The minimum Gasteiger partial charge on any atom is -0.311 e. The van der Waals surface area contributed by atoms with Crippen molar-refractivity contribution in [2.45, 2.75) is 6.54 Å². The van der Waals surface area contributed by atoms with E-state index in [1.807, 2.05) is 30.3 Å². The van der Waals surface area contributed by atoms with Crippen molar-refractivity contribution in [2.24, 2.45) is 0 Å². The third-order valence-electron chi connectivity index (χ3n) is 2.14. The molecule has 0 atom stereocenters. The van der Waals surface area contributed by atoms with Crippen molar-refractivity contribution in [3.8, 4) is 0 Å². The van der Waals surface area contributed by atoms with Gasteiger partial charge < -0.3 is 4.57 Å². The second-order valence-corrected chi connectivity index (χ2v) is 4.21. The Morgan fingerprint density at radius 3 is 2.73 bits per heavy atom. The van der Waals surface area contributed by atoms with Crippen LogP contribution in [0.5, 0.6) is 0 Å². The quantitative estimate of drug-likeness (QED) is 0.817. The predicted octanol–water partition coefficient (Wildman–Crippen LogP) is 2.66. The van der Waals surface area contributed by atoms with Gasteiger partial charge in [-0.25, -0.2) is 0 Å². The second-order valence-electron chi connectivity index (χ2n) is 3.30. The van der Waals surface area contributed by atoms with Crippen LogP contribution in [0.2, 0.25) is 0 Å². The van der Waals surface area contributed by atoms with Crippen molar-refractivity contribution < 1.29 is 0 Å². The molecule has 3 heteroatoms. The van der Waals surface area contributed by atoms with E-state index in [0.717, 1.165) is 10.0 Å². The minimum atomic E-state index is 0.0254. The summed E-state index contributed by atoms with van der Waals surface area (Å²) in [6.45, 7) is 0.610. The third kappa shape index (κ3) is 2.57. The highest BCUT2D eigenvalue weighted by atomic mass is 79.9. The zero-order valence-corrected chi connectivity index (χ0v) is 9.65. The molecule has 0 aliphatic heterocycles. The molecule has 2 aromatic rings. The molecular weight excluding hydrogens is 254 g/mol. The fourth-order valence-corrected chi connectivity index (χ4v) is 1.87. The van der Waals surface area contributed by atoms with Crippen LogP contribution >= 0.6 is 15.9 Å². The number of aromatic nitrogens is 1. The highest BCUT2D eigenvalue weighted by Crippen LogP contribution is 2.11. The molecule has 0 aliphatic carbocycles. The zero-order valence-electron chi connectivity index (χ0n) is 8.06. The van der Waals surface area contributed by atoms with Gasteiger partial charge in [0.05, 0.1) is 6.54 Å². The van der Waals surface area contributed by atoms with Gasteiger partial charge in [0.25, 0.3) is 5.56 Å². The van der Waals surface area contributed by atoms with Crippen molar-refractivity contribution in [1.82, 2.24) is 4.57 Å². The monoisotopic (exact) mass is 263 g/mol. The van der Waals surface area contributed by atoms with Crippen LogP contribution < -0.4 is 5.56 Å². The molecule has 1 heterocycles. The summed E-state index contributed by atoms with van der Waals surface area (Å²) >= 11 is 3.41. The number of rotatable bonds is 2. The Labute approximate surface area is 96.3 Å². The summed E-state index contributed by atoms with van der Waals surface area (Å²) in [7, 11) is 0. The number of nitrogens with zero attached hydrogens (tertiary/aromatic N) is 1. The Kier molecular flexibility index (Phi) is 3.02. The van der Waals surface area contributed by atoms with Crippen LogP contribution in [0.1, 0.15) is 5.56 Å². The van der Waals surface area contributed by atoms with Crippen LogP contribution in [0.25, 0.3) is 0 Å². The number of pyridine rings is 1. The standard InChI is InChI=1S/C12H10BrNO/c13-11-5-3-4-10(8-11)9-14-7-2-1-6-12(14)15/h1-8H,9H2. The first-order chi connectivity index (χ1) is 7.25. The van der Waals surface area contributed by atoms with E-state index < -0.39 is 0 Å². The highest BCUT2D eigenvalue weighted by molar-refractivity contribution is 9.10. The van der Waals surface area contributed by atoms with Crippen molar-refractivity contribution in [3.05, 3.63) is 69.1 Å². The van der Waals surface area contributed by atoms with Gasteiger partial charge in [0, 0.05) is 16.7 Å². The molecule has 1 aromatic carbocycles. The molecule has 2 nitrogen and oxygen atoms in total. The zero-order chi connectivity index (χ0) is 10.7. The lowest BCUT2D eigenvalue weighted by atomic mass is 10.2. The van der Waals surface area contributed by atoms with Gasteiger partial charge in [-0.2, -0.15) is 0 Å². The van der Waals surface area contributed by atoms with E-state index in [0.29, 0.717) is 6.54 Å². The van der Waals surface area contributed by atoms with E-state index in [4.69, 9.17) is 0 Å². The first-order valence-electron chi connectivity index (χ1n) is 4.65. The predicted molar refractivity (Wildman–Crippen MR) is 63.9 cm³/mol. The summed E-state index contributed by atoms with van der Waals surface area (Å²) in [5.41, 5.74) is 1.13. The van der Waals surface area contributed by atoms with Crippen LogP contribution in [0.15, 0.2) is 57.9 Å². The summed E-state index contributed by atoms with van der Waals surface area (Å²) in [4.78, 5) is 11.5. The van der Waals surface area contributed by atoms with Gasteiger partial charge >= 0.3 is 0 Å². The summed E-state index contributed by atoms with van der Waals surface area (Å²) < 4.78 is 2.71. The Morgan fingerprint density at radius 2 is 2.00 bits per heavy atom. The maximum absolute atomic E-state index is 11.5. The van der Waals surface area contributed by atoms with Crippen LogP contribution in [0.3, 0.4) is 0 Å². The average molecular weight is 264 g/mol. The molecule has 0 aliphatic rings. The lowest BCUT2D eigenvalue weighted by Gasteiger charge is -2.05. The fraction of sp³-hybridized carbons (Fsp3) is 0.0833. The SMILES string of the molecule is O=c1ccccn1Cc1cccc(Br)c1. The number of halogens is 1. The molecule has 15 heavy (non-hydrogen) atoms. The van der Waals surface area contributed by atoms with E-state index in [-0.39, 0.29) is 5.56 Å². The van der Waals surface area contributed by atoms with Crippen LogP contribution in [-0.4, -0.2) is 4.57 Å².